The Morgan fingerprint density at radius 3 is 2.36 bits per heavy atom. The van der Waals surface area contributed by atoms with E-state index in [-0.39, 0.29) is 35.3 Å². The number of ketones is 1. The SMILES string of the molecule is C=C[C@H]1C[C@@H](/C=C/c2ccc(F)cc2)[C@@H](C(=O)OC)[C@H]1C(=O)C(C)C. The minimum absolute atomic E-state index is 0.0538. The first-order chi connectivity index (χ1) is 11.9. The standard InChI is InChI=1S/C21H25FO3/c1-5-15-12-16(9-6-14-7-10-17(22)11-8-14)19(21(24)25-4)18(15)20(23)13(2)3/h5-11,13,15-16,18-19H,1,12H2,2-4H3/b9-6+/t15-,16+,18-,19+/m0/s1. The Bertz CT molecular complexity index is 660. The summed E-state index contributed by atoms with van der Waals surface area (Å²) in [6, 6.07) is 6.14. The lowest BCUT2D eigenvalue weighted by Gasteiger charge is -2.23. The highest BCUT2D eigenvalue weighted by molar-refractivity contribution is 5.89. The first-order valence-corrected chi connectivity index (χ1v) is 8.57. The van der Waals surface area contributed by atoms with Crippen molar-refractivity contribution in [1.29, 1.82) is 0 Å². The monoisotopic (exact) mass is 344 g/mol. The average Bonchev–Trinajstić information content (AvgIpc) is 2.98. The molecule has 25 heavy (non-hydrogen) atoms. The van der Waals surface area contributed by atoms with E-state index in [0.717, 1.165) is 5.56 Å². The number of hydrogen-bond acceptors (Lipinski definition) is 3. The Morgan fingerprint density at radius 2 is 1.84 bits per heavy atom. The summed E-state index contributed by atoms with van der Waals surface area (Å²) < 4.78 is 18.0. The number of Topliss-reactive ketones (excluding diaryl/α,β-unsaturated/α-hetero) is 1. The van der Waals surface area contributed by atoms with Crippen LogP contribution < -0.4 is 0 Å². The minimum Gasteiger partial charge on any atom is -0.469 e. The normalized spacial score (nSPS) is 26.1. The van der Waals surface area contributed by atoms with Crippen molar-refractivity contribution in [3.05, 3.63) is 54.4 Å². The van der Waals surface area contributed by atoms with Crippen LogP contribution in [-0.4, -0.2) is 18.9 Å². The van der Waals surface area contributed by atoms with Crippen LogP contribution in [0.4, 0.5) is 4.39 Å². The van der Waals surface area contributed by atoms with Crippen LogP contribution in [0.5, 0.6) is 0 Å². The molecule has 4 atom stereocenters. The summed E-state index contributed by atoms with van der Waals surface area (Å²) >= 11 is 0. The molecular formula is C21H25FO3. The second-order valence-corrected chi connectivity index (χ2v) is 6.84. The first-order valence-electron chi connectivity index (χ1n) is 8.57. The van der Waals surface area contributed by atoms with Gasteiger partial charge in [0.05, 0.1) is 13.0 Å². The quantitative estimate of drug-likeness (QED) is 0.571. The summed E-state index contributed by atoms with van der Waals surface area (Å²) in [4.78, 5) is 25.1. The number of hydrogen-bond donors (Lipinski definition) is 0. The number of allylic oxidation sites excluding steroid dienone is 2. The Labute approximate surface area is 148 Å². The van der Waals surface area contributed by atoms with Crippen molar-refractivity contribution < 1.29 is 18.7 Å². The third-order valence-corrected chi connectivity index (χ3v) is 4.93. The molecule has 0 radical (unpaired) electrons. The number of esters is 1. The van der Waals surface area contributed by atoms with Crippen molar-refractivity contribution in [2.75, 3.05) is 7.11 Å². The van der Waals surface area contributed by atoms with E-state index >= 15 is 0 Å². The van der Waals surface area contributed by atoms with Crippen LogP contribution in [0.3, 0.4) is 0 Å². The van der Waals surface area contributed by atoms with Crippen LogP contribution in [0.1, 0.15) is 25.8 Å². The minimum atomic E-state index is -0.514. The summed E-state index contributed by atoms with van der Waals surface area (Å²) in [5.41, 5.74) is 0.846. The zero-order valence-corrected chi connectivity index (χ0v) is 14.9. The first kappa shape index (κ1) is 19.1. The fourth-order valence-electron chi connectivity index (χ4n) is 3.62. The molecule has 0 amide bonds. The predicted molar refractivity (Wildman–Crippen MR) is 96.1 cm³/mol. The molecule has 0 aromatic heterocycles. The molecule has 0 aliphatic heterocycles. The average molecular weight is 344 g/mol. The Morgan fingerprint density at radius 1 is 1.20 bits per heavy atom. The maximum absolute atomic E-state index is 13.0. The van der Waals surface area contributed by atoms with Crippen LogP contribution in [0, 0.1) is 35.4 Å². The Hall–Kier alpha value is -2.23. The number of carbonyl (C=O) groups excluding carboxylic acids is 2. The van der Waals surface area contributed by atoms with Crippen molar-refractivity contribution in [3.63, 3.8) is 0 Å². The van der Waals surface area contributed by atoms with E-state index in [9.17, 15) is 14.0 Å². The number of halogens is 1. The number of benzene rings is 1. The van der Waals surface area contributed by atoms with Crippen LogP contribution in [0.15, 0.2) is 43.0 Å². The fourth-order valence-corrected chi connectivity index (χ4v) is 3.62. The van der Waals surface area contributed by atoms with E-state index < -0.39 is 11.8 Å². The molecule has 1 aliphatic rings. The molecule has 1 aromatic rings. The highest BCUT2D eigenvalue weighted by atomic mass is 19.1. The molecular weight excluding hydrogens is 319 g/mol. The Balaban J connectivity index is 2.32. The molecule has 0 bridgehead atoms. The van der Waals surface area contributed by atoms with E-state index in [1.165, 1.54) is 19.2 Å². The third-order valence-electron chi connectivity index (χ3n) is 4.93. The lowest BCUT2D eigenvalue weighted by Crippen LogP contribution is -2.34. The number of methoxy groups -OCH3 is 1. The van der Waals surface area contributed by atoms with E-state index in [0.29, 0.717) is 6.42 Å². The topological polar surface area (TPSA) is 43.4 Å². The van der Waals surface area contributed by atoms with E-state index in [2.05, 4.69) is 6.58 Å². The van der Waals surface area contributed by atoms with Crippen molar-refractivity contribution in [3.8, 4) is 0 Å². The second-order valence-electron chi connectivity index (χ2n) is 6.84. The van der Waals surface area contributed by atoms with Gasteiger partial charge in [0.15, 0.2) is 0 Å². The van der Waals surface area contributed by atoms with Gasteiger partial charge in [0, 0.05) is 11.8 Å². The largest absolute Gasteiger partial charge is 0.469 e. The summed E-state index contributed by atoms with van der Waals surface area (Å²) in [5, 5.41) is 0. The van der Waals surface area contributed by atoms with Gasteiger partial charge in [-0.3, -0.25) is 9.59 Å². The number of ether oxygens (including phenoxy) is 1. The number of carbonyl (C=O) groups is 2. The molecule has 2 rings (SSSR count). The zero-order chi connectivity index (χ0) is 18.6. The molecule has 4 heteroatoms. The fraction of sp³-hybridized carbons (Fsp3) is 0.429. The zero-order valence-electron chi connectivity index (χ0n) is 14.9. The third kappa shape index (κ3) is 4.25. The second kappa shape index (κ2) is 8.24. The molecule has 3 nitrogen and oxygen atoms in total. The Kier molecular flexibility index (Phi) is 6.29. The maximum atomic E-state index is 13.0. The van der Waals surface area contributed by atoms with Gasteiger partial charge < -0.3 is 4.74 Å². The molecule has 1 aliphatic carbocycles. The van der Waals surface area contributed by atoms with Crippen molar-refractivity contribution in [2.45, 2.75) is 20.3 Å². The smallest absolute Gasteiger partial charge is 0.310 e. The molecule has 0 N–H and O–H groups in total. The van der Waals surface area contributed by atoms with Crippen LogP contribution in [0.2, 0.25) is 0 Å². The summed E-state index contributed by atoms with van der Waals surface area (Å²) in [6.45, 7) is 7.54. The van der Waals surface area contributed by atoms with Gasteiger partial charge in [-0.15, -0.1) is 6.58 Å². The molecule has 0 saturated heterocycles. The molecule has 0 heterocycles. The van der Waals surface area contributed by atoms with Crippen molar-refractivity contribution in [2.24, 2.45) is 29.6 Å². The molecule has 0 unspecified atom stereocenters. The summed E-state index contributed by atoms with van der Waals surface area (Å²) in [6.07, 6.45) is 6.23. The van der Waals surface area contributed by atoms with Crippen LogP contribution in [-0.2, 0) is 14.3 Å². The van der Waals surface area contributed by atoms with E-state index in [4.69, 9.17) is 4.74 Å². The van der Waals surface area contributed by atoms with Crippen LogP contribution >= 0.6 is 0 Å². The lowest BCUT2D eigenvalue weighted by molar-refractivity contribution is -0.150. The van der Waals surface area contributed by atoms with Gasteiger partial charge in [-0.25, -0.2) is 4.39 Å². The lowest BCUT2D eigenvalue weighted by atomic mass is 9.80. The van der Waals surface area contributed by atoms with Gasteiger partial charge in [-0.05, 0) is 36.0 Å². The molecule has 1 aromatic carbocycles. The van der Waals surface area contributed by atoms with Crippen molar-refractivity contribution in [1.82, 2.24) is 0 Å². The van der Waals surface area contributed by atoms with Crippen molar-refractivity contribution >= 4 is 17.8 Å². The van der Waals surface area contributed by atoms with E-state index in [1.807, 2.05) is 26.0 Å². The summed E-state index contributed by atoms with van der Waals surface area (Å²) in [5.74, 6) is -1.84. The predicted octanol–water partition coefficient (Wildman–Crippen LogP) is 4.29. The maximum Gasteiger partial charge on any atom is 0.310 e. The molecule has 1 saturated carbocycles. The van der Waals surface area contributed by atoms with Gasteiger partial charge in [0.1, 0.15) is 11.6 Å². The highest BCUT2D eigenvalue weighted by Crippen LogP contribution is 2.45. The van der Waals surface area contributed by atoms with Gasteiger partial charge in [-0.1, -0.05) is 44.2 Å². The van der Waals surface area contributed by atoms with Crippen LogP contribution in [0.25, 0.3) is 6.08 Å². The summed E-state index contributed by atoms with van der Waals surface area (Å²) in [7, 11) is 1.35. The van der Waals surface area contributed by atoms with Gasteiger partial charge in [0.25, 0.3) is 0 Å². The van der Waals surface area contributed by atoms with E-state index in [1.54, 1.807) is 18.2 Å². The highest BCUT2D eigenvalue weighted by Gasteiger charge is 2.49. The van der Waals surface area contributed by atoms with Gasteiger partial charge in [-0.2, -0.15) is 0 Å². The number of rotatable bonds is 6. The van der Waals surface area contributed by atoms with Gasteiger partial charge >= 0.3 is 5.97 Å². The molecule has 0 spiro atoms. The molecule has 134 valence electrons. The van der Waals surface area contributed by atoms with Gasteiger partial charge in [0.2, 0.25) is 0 Å². The molecule has 1 fully saturated rings.